The monoisotopic (exact) mass is 279 g/mol. The Bertz CT molecular complexity index is 640. The highest BCUT2D eigenvalue weighted by atomic mass is 14.7. The molecule has 110 valence electrons. The molecule has 0 amide bonds. The molecule has 2 N–H and O–H groups in total. The summed E-state index contributed by atoms with van der Waals surface area (Å²) in [5, 5.41) is 2.94. The summed E-state index contributed by atoms with van der Waals surface area (Å²) < 4.78 is 0. The average molecular weight is 279 g/mol. The Hall–Kier alpha value is -1.34. The molecule has 0 heterocycles. The summed E-state index contributed by atoms with van der Waals surface area (Å²) in [7, 11) is 0. The Morgan fingerprint density at radius 1 is 0.857 bits per heavy atom. The predicted octanol–water partition coefficient (Wildman–Crippen LogP) is 4.91. The van der Waals surface area contributed by atoms with Crippen molar-refractivity contribution >= 4 is 10.8 Å². The highest BCUT2D eigenvalue weighted by Gasteiger charge is 2.24. The summed E-state index contributed by atoms with van der Waals surface area (Å²) in [4.78, 5) is 0. The summed E-state index contributed by atoms with van der Waals surface area (Å²) in [6, 6.07) is 11.7. The summed E-state index contributed by atoms with van der Waals surface area (Å²) in [6.07, 6.45) is 10.5. The molecule has 0 aliphatic heterocycles. The molecule has 1 fully saturated rings. The third-order valence-electron chi connectivity index (χ3n) is 5.68. The highest BCUT2D eigenvalue weighted by molar-refractivity contribution is 5.93. The van der Waals surface area contributed by atoms with Crippen LogP contribution in [-0.2, 0) is 12.8 Å². The average Bonchev–Trinajstić information content (AvgIpc) is 2.76. The van der Waals surface area contributed by atoms with Crippen LogP contribution >= 0.6 is 0 Å². The van der Waals surface area contributed by atoms with Crippen molar-refractivity contribution in [2.75, 3.05) is 0 Å². The zero-order chi connectivity index (χ0) is 14.2. The van der Waals surface area contributed by atoms with E-state index in [1.165, 1.54) is 78.8 Å². The first-order valence-electron chi connectivity index (χ1n) is 8.63. The van der Waals surface area contributed by atoms with Crippen LogP contribution in [0.1, 0.15) is 61.3 Å². The number of hydrogen-bond donors (Lipinski definition) is 1. The van der Waals surface area contributed by atoms with Crippen LogP contribution in [0.15, 0.2) is 30.3 Å². The van der Waals surface area contributed by atoms with E-state index in [-0.39, 0.29) is 6.04 Å². The van der Waals surface area contributed by atoms with Gasteiger partial charge in [-0.05, 0) is 59.1 Å². The first-order chi connectivity index (χ1) is 10.3. The van der Waals surface area contributed by atoms with Gasteiger partial charge in [0.05, 0.1) is 0 Å². The number of aryl methyl sites for hydroxylation is 2. The van der Waals surface area contributed by atoms with Crippen molar-refractivity contribution in [3.63, 3.8) is 0 Å². The smallest absolute Gasteiger partial charge is 0.0329 e. The fourth-order valence-electron chi connectivity index (χ4n) is 4.48. The lowest BCUT2D eigenvalue weighted by Gasteiger charge is -2.24. The van der Waals surface area contributed by atoms with Gasteiger partial charge < -0.3 is 5.73 Å². The van der Waals surface area contributed by atoms with Crippen LogP contribution < -0.4 is 5.73 Å². The standard InChI is InChI=1S/C20H25N/c21-20(16-6-3-1-2-4-7-16)18-13-12-15-11-10-14-8-5-9-17(18)19(14)15/h5,8-9,12-13,16,20H,1-4,6-7,10-11,21H2. The van der Waals surface area contributed by atoms with Crippen LogP contribution in [0.2, 0.25) is 0 Å². The SMILES string of the molecule is NC(c1ccc2c3c(cccc13)CC2)C1CCCCCC1. The fraction of sp³-hybridized carbons (Fsp3) is 0.500. The van der Waals surface area contributed by atoms with Gasteiger partial charge in [0.25, 0.3) is 0 Å². The van der Waals surface area contributed by atoms with E-state index in [9.17, 15) is 0 Å². The second kappa shape index (κ2) is 5.46. The van der Waals surface area contributed by atoms with Crippen LogP contribution in [0.25, 0.3) is 10.8 Å². The molecule has 0 bridgehead atoms. The Kier molecular flexibility index (Phi) is 3.46. The third-order valence-corrected chi connectivity index (χ3v) is 5.68. The Morgan fingerprint density at radius 2 is 1.57 bits per heavy atom. The molecule has 2 aliphatic carbocycles. The van der Waals surface area contributed by atoms with E-state index in [2.05, 4.69) is 30.3 Å². The molecule has 1 heteroatoms. The van der Waals surface area contributed by atoms with Crippen molar-refractivity contribution in [1.82, 2.24) is 0 Å². The maximum absolute atomic E-state index is 6.73. The molecule has 4 rings (SSSR count). The van der Waals surface area contributed by atoms with Gasteiger partial charge in [0.15, 0.2) is 0 Å². The van der Waals surface area contributed by atoms with Gasteiger partial charge in [-0.2, -0.15) is 0 Å². The first kappa shape index (κ1) is 13.3. The minimum Gasteiger partial charge on any atom is -0.324 e. The number of hydrogen-bond acceptors (Lipinski definition) is 1. The van der Waals surface area contributed by atoms with Gasteiger partial charge in [0, 0.05) is 6.04 Å². The van der Waals surface area contributed by atoms with E-state index >= 15 is 0 Å². The summed E-state index contributed by atoms with van der Waals surface area (Å²) in [5.41, 5.74) is 11.2. The van der Waals surface area contributed by atoms with E-state index in [0.29, 0.717) is 5.92 Å². The van der Waals surface area contributed by atoms with E-state index in [1.807, 2.05) is 0 Å². The van der Waals surface area contributed by atoms with Gasteiger partial charge in [0.1, 0.15) is 0 Å². The van der Waals surface area contributed by atoms with E-state index in [4.69, 9.17) is 5.73 Å². The van der Waals surface area contributed by atoms with Crippen LogP contribution in [-0.4, -0.2) is 0 Å². The minimum absolute atomic E-state index is 0.216. The van der Waals surface area contributed by atoms with Crippen molar-refractivity contribution in [2.24, 2.45) is 11.7 Å². The first-order valence-corrected chi connectivity index (χ1v) is 8.63. The molecule has 21 heavy (non-hydrogen) atoms. The minimum atomic E-state index is 0.216. The molecular weight excluding hydrogens is 254 g/mol. The van der Waals surface area contributed by atoms with Gasteiger partial charge in [-0.15, -0.1) is 0 Å². The molecule has 2 aromatic rings. The van der Waals surface area contributed by atoms with Crippen LogP contribution in [0.5, 0.6) is 0 Å². The van der Waals surface area contributed by atoms with Crippen molar-refractivity contribution in [3.05, 3.63) is 47.0 Å². The second-order valence-electron chi connectivity index (χ2n) is 6.93. The van der Waals surface area contributed by atoms with Gasteiger partial charge in [-0.1, -0.05) is 56.0 Å². The zero-order valence-corrected chi connectivity index (χ0v) is 12.8. The van der Waals surface area contributed by atoms with E-state index < -0.39 is 0 Å². The quantitative estimate of drug-likeness (QED) is 0.777. The summed E-state index contributed by atoms with van der Waals surface area (Å²) >= 11 is 0. The molecule has 0 spiro atoms. The Morgan fingerprint density at radius 3 is 2.33 bits per heavy atom. The maximum atomic E-state index is 6.73. The maximum Gasteiger partial charge on any atom is 0.0329 e. The predicted molar refractivity (Wildman–Crippen MR) is 89.5 cm³/mol. The molecular formula is C20H25N. The molecule has 0 saturated heterocycles. The third kappa shape index (κ3) is 2.28. The number of rotatable bonds is 2. The molecule has 2 aliphatic rings. The van der Waals surface area contributed by atoms with Crippen molar-refractivity contribution < 1.29 is 0 Å². The molecule has 0 radical (unpaired) electrons. The second-order valence-corrected chi connectivity index (χ2v) is 6.93. The molecule has 1 saturated carbocycles. The van der Waals surface area contributed by atoms with Gasteiger partial charge in [0.2, 0.25) is 0 Å². The highest BCUT2D eigenvalue weighted by Crippen LogP contribution is 2.38. The topological polar surface area (TPSA) is 26.0 Å². The lowest BCUT2D eigenvalue weighted by molar-refractivity contribution is 0.384. The van der Waals surface area contributed by atoms with Gasteiger partial charge in [-0.25, -0.2) is 0 Å². The van der Waals surface area contributed by atoms with E-state index in [0.717, 1.165) is 0 Å². The number of nitrogens with two attached hydrogens (primary N) is 1. The molecule has 0 aromatic heterocycles. The van der Waals surface area contributed by atoms with Crippen LogP contribution in [0.4, 0.5) is 0 Å². The van der Waals surface area contributed by atoms with E-state index in [1.54, 1.807) is 0 Å². The van der Waals surface area contributed by atoms with Gasteiger partial charge >= 0.3 is 0 Å². The fourth-order valence-corrected chi connectivity index (χ4v) is 4.48. The lowest BCUT2D eigenvalue weighted by atomic mass is 9.85. The Labute approximate surface area is 127 Å². The van der Waals surface area contributed by atoms with Crippen LogP contribution in [0, 0.1) is 5.92 Å². The molecule has 2 aromatic carbocycles. The van der Waals surface area contributed by atoms with Crippen molar-refractivity contribution in [1.29, 1.82) is 0 Å². The normalized spacial score (nSPS) is 20.6. The largest absolute Gasteiger partial charge is 0.324 e. The van der Waals surface area contributed by atoms with Crippen molar-refractivity contribution in [3.8, 4) is 0 Å². The molecule has 1 atom stereocenters. The Balaban J connectivity index is 1.76. The van der Waals surface area contributed by atoms with Crippen LogP contribution in [0.3, 0.4) is 0 Å². The number of benzene rings is 2. The van der Waals surface area contributed by atoms with Gasteiger partial charge in [-0.3, -0.25) is 0 Å². The molecule has 1 nitrogen and oxygen atoms in total. The zero-order valence-electron chi connectivity index (χ0n) is 12.8. The summed E-state index contributed by atoms with van der Waals surface area (Å²) in [5.74, 6) is 0.672. The molecule has 1 unspecified atom stereocenters. The lowest BCUT2D eigenvalue weighted by Crippen LogP contribution is -2.21. The summed E-state index contributed by atoms with van der Waals surface area (Å²) in [6.45, 7) is 0. The van der Waals surface area contributed by atoms with Crippen molar-refractivity contribution in [2.45, 2.75) is 57.4 Å².